The zero-order valence-corrected chi connectivity index (χ0v) is 13.0. The number of rotatable bonds is 3. The van der Waals surface area contributed by atoms with Crippen molar-refractivity contribution in [1.82, 2.24) is 4.98 Å². The lowest BCUT2D eigenvalue weighted by Gasteiger charge is -2.03. The molecule has 3 aromatic rings. The molecule has 0 saturated heterocycles. The van der Waals surface area contributed by atoms with Crippen LogP contribution >= 0.6 is 34.5 Å². The smallest absolute Gasteiger partial charge is 0.338 e. The van der Waals surface area contributed by atoms with Crippen molar-refractivity contribution in [2.24, 2.45) is 0 Å². The van der Waals surface area contributed by atoms with Gasteiger partial charge in [0.1, 0.15) is 11.6 Å². The Morgan fingerprint density at radius 1 is 1.14 bits per heavy atom. The summed E-state index contributed by atoms with van der Waals surface area (Å²) in [6.07, 6.45) is 0. The molecule has 0 aliphatic heterocycles. The third kappa shape index (κ3) is 3.35. The van der Waals surface area contributed by atoms with E-state index in [2.05, 4.69) is 4.98 Å². The van der Waals surface area contributed by atoms with Crippen LogP contribution in [-0.4, -0.2) is 11.0 Å². The number of carbonyl (C=O) groups is 1. The Kier molecular flexibility index (Phi) is 4.10. The summed E-state index contributed by atoms with van der Waals surface area (Å²) in [4.78, 5) is 16.4. The molecule has 1 aromatic heterocycles. The second-order valence-electron chi connectivity index (χ2n) is 4.31. The van der Waals surface area contributed by atoms with E-state index in [1.807, 2.05) is 24.3 Å². The van der Waals surface area contributed by atoms with Crippen LogP contribution in [0.2, 0.25) is 10.0 Å². The average molecular weight is 338 g/mol. The molecule has 106 valence electrons. The third-order valence-corrected chi connectivity index (χ3v) is 4.21. The molecular weight excluding hydrogens is 329 g/mol. The van der Waals surface area contributed by atoms with Crippen molar-refractivity contribution in [3.05, 3.63) is 63.1 Å². The van der Waals surface area contributed by atoms with Crippen molar-refractivity contribution >= 4 is 50.7 Å². The van der Waals surface area contributed by atoms with Gasteiger partial charge in [0.25, 0.3) is 0 Å². The molecular formula is C15H9Cl2NO2S. The van der Waals surface area contributed by atoms with E-state index in [-0.39, 0.29) is 6.61 Å². The first-order chi connectivity index (χ1) is 10.1. The van der Waals surface area contributed by atoms with E-state index in [0.717, 1.165) is 15.2 Å². The number of carbonyl (C=O) groups excluding carboxylic acids is 1. The molecule has 0 radical (unpaired) electrons. The Labute approximate surface area is 135 Å². The first-order valence-corrected chi connectivity index (χ1v) is 7.67. The summed E-state index contributed by atoms with van der Waals surface area (Å²) in [5.74, 6) is -0.473. The fourth-order valence-electron chi connectivity index (χ4n) is 1.86. The van der Waals surface area contributed by atoms with Crippen LogP contribution in [0.5, 0.6) is 0 Å². The largest absolute Gasteiger partial charge is 0.455 e. The van der Waals surface area contributed by atoms with E-state index in [0.29, 0.717) is 15.6 Å². The molecule has 3 rings (SSSR count). The molecule has 0 N–H and O–H groups in total. The van der Waals surface area contributed by atoms with Crippen molar-refractivity contribution in [3.8, 4) is 0 Å². The number of fused-ring (bicyclic) bond motifs is 1. The normalized spacial score (nSPS) is 10.8. The molecule has 0 bridgehead atoms. The standard InChI is InChI=1S/C15H9Cl2NO2S/c16-10-5-9(6-11(17)7-10)15(19)20-8-14-18-12-3-1-2-4-13(12)21-14/h1-7H,8H2. The van der Waals surface area contributed by atoms with Crippen molar-refractivity contribution in [1.29, 1.82) is 0 Å². The van der Waals surface area contributed by atoms with Gasteiger partial charge in [-0.15, -0.1) is 11.3 Å². The van der Waals surface area contributed by atoms with E-state index in [9.17, 15) is 4.79 Å². The molecule has 0 saturated carbocycles. The summed E-state index contributed by atoms with van der Waals surface area (Å²) in [5, 5.41) is 1.54. The number of nitrogens with zero attached hydrogens (tertiary/aromatic N) is 1. The van der Waals surface area contributed by atoms with Gasteiger partial charge in [-0.05, 0) is 30.3 Å². The molecule has 0 spiro atoms. The summed E-state index contributed by atoms with van der Waals surface area (Å²) in [7, 11) is 0. The van der Waals surface area contributed by atoms with Gasteiger partial charge in [0.15, 0.2) is 0 Å². The number of esters is 1. The number of benzene rings is 2. The van der Waals surface area contributed by atoms with Crippen LogP contribution in [0.25, 0.3) is 10.2 Å². The summed E-state index contributed by atoms with van der Waals surface area (Å²) in [6.45, 7) is 0.127. The fourth-order valence-corrected chi connectivity index (χ4v) is 3.27. The molecule has 3 nitrogen and oxygen atoms in total. The highest BCUT2D eigenvalue weighted by Gasteiger charge is 2.11. The van der Waals surface area contributed by atoms with Crippen molar-refractivity contribution in [2.75, 3.05) is 0 Å². The Morgan fingerprint density at radius 3 is 2.57 bits per heavy atom. The van der Waals surface area contributed by atoms with Gasteiger partial charge in [-0.1, -0.05) is 35.3 Å². The molecule has 21 heavy (non-hydrogen) atoms. The summed E-state index contributed by atoms with van der Waals surface area (Å²) in [5.41, 5.74) is 1.23. The summed E-state index contributed by atoms with van der Waals surface area (Å²) < 4.78 is 6.31. The maximum atomic E-state index is 12.0. The molecule has 0 unspecified atom stereocenters. The average Bonchev–Trinajstić information content (AvgIpc) is 2.86. The summed E-state index contributed by atoms with van der Waals surface area (Å²) >= 11 is 13.2. The topological polar surface area (TPSA) is 39.2 Å². The second-order valence-corrected chi connectivity index (χ2v) is 6.30. The molecule has 6 heteroatoms. The summed E-state index contributed by atoms with van der Waals surface area (Å²) in [6, 6.07) is 12.4. The van der Waals surface area contributed by atoms with E-state index in [1.165, 1.54) is 23.5 Å². The lowest BCUT2D eigenvalue weighted by Crippen LogP contribution is -2.05. The number of hydrogen-bond acceptors (Lipinski definition) is 4. The molecule has 0 aliphatic carbocycles. The number of hydrogen-bond donors (Lipinski definition) is 0. The molecule has 0 amide bonds. The number of para-hydroxylation sites is 1. The van der Waals surface area contributed by atoms with Gasteiger partial charge in [0, 0.05) is 10.0 Å². The third-order valence-electron chi connectivity index (χ3n) is 2.76. The number of ether oxygens (including phenoxy) is 1. The lowest BCUT2D eigenvalue weighted by atomic mass is 10.2. The predicted octanol–water partition coefficient (Wildman–Crippen LogP) is 4.96. The quantitative estimate of drug-likeness (QED) is 0.634. The minimum absolute atomic E-state index is 0.127. The highest BCUT2D eigenvalue weighted by molar-refractivity contribution is 7.18. The molecule has 0 fully saturated rings. The highest BCUT2D eigenvalue weighted by Crippen LogP contribution is 2.23. The van der Waals surface area contributed by atoms with Crippen LogP contribution < -0.4 is 0 Å². The minimum atomic E-state index is -0.473. The predicted molar refractivity (Wildman–Crippen MR) is 85.2 cm³/mol. The number of thiazole rings is 1. The van der Waals surface area contributed by atoms with E-state index >= 15 is 0 Å². The van der Waals surface area contributed by atoms with Crippen LogP contribution in [0.15, 0.2) is 42.5 Å². The first-order valence-electron chi connectivity index (χ1n) is 6.09. The maximum absolute atomic E-state index is 12.0. The van der Waals surface area contributed by atoms with Gasteiger partial charge >= 0.3 is 5.97 Å². The Hall–Kier alpha value is -1.62. The Bertz CT molecular complexity index is 763. The molecule has 1 heterocycles. The zero-order valence-electron chi connectivity index (χ0n) is 10.7. The van der Waals surface area contributed by atoms with Gasteiger partial charge in [-0.25, -0.2) is 9.78 Å². The van der Waals surface area contributed by atoms with Gasteiger partial charge in [-0.2, -0.15) is 0 Å². The molecule has 0 atom stereocenters. The number of aromatic nitrogens is 1. The van der Waals surface area contributed by atoms with E-state index in [4.69, 9.17) is 27.9 Å². The van der Waals surface area contributed by atoms with Crippen molar-refractivity contribution < 1.29 is 9.53 Å². The van der Waals surface area contributed by atoms with Gasteiger partial charge in [0.05, 0.1) is 15.8 Å². The second kappa shape index (κ2) is 6.02. The van der Waals surface area contributed by atoms with Gasteiger partial charge < -0.3 is 4.74 Å². The van der Waals surface area contributed by atoms with Crippen LogP contribution in [0.1, 0.15) is 15.4 Å². The van der Waals surface area contributed by atoms with Gasteiger partial charge in [-0.3, -0.25) is 0 Å². The van der Waals surface area contributed by atoms with Crippen LogP contribution in [0, 0.1) is 0 Å². The van der Waals surface area contributed by atoms with E-state index < -0.39 is 5.97 Å². The number of halogens is 2. The minimum Gasteiger partial charge on any atom is -0.455 e. The monoisotopic (exact) mass is 337 g/mol. The van der Waals surface area contributed by atoms with Crippen molar-refractivity contribution in [3.63, 3.8) is 0 Å². The highest BCUT2D eigenvalue weighted by atomic mass is 35.5. The van der Waals surface area contributed by atoms with Crippen LogP contribution in [0.3, 0.4) is 0 Å². The Morgan fingerprint density at radius 2 is 1.86 bits per heavy atom. The molecule has 0 aliphatic rings. The molecule has 2 aromatic carbocycles. The first kappa shape index (κ1) is 14.3. The van der Waals surface area contributed by atoms with Crippen LogP contribution in [0.4, 0.5) is 0 Å². The lowest BCUT2D eigenvalue weighted by molar-refractivity contribution is 0.0472. The van der Waals surface area contributed by atoms with Crippen molar-refractivity contribution in [2.45, 2.75) is 6.61 Å². The SMILES string of the molecule is O=C(OCc1nc2ccccc2s1)c1cc(Cl)cc(Cl)c1. The van der Waals surface area contributed by atoms with Crippen LogP contribution in [-0.2, 0) is 11.3 Å². The van der Waals surface area contributed by atoms with Gasteiger partial charge in [0.2, 0.25) is 0 Å². The Balaban J connectivity index is 1.73. The zero-order chi connectivity index (χ0) is 14.8. The van der Waals surface area contributed by atoms with E-state index in [1.54, 1.807) is 6.07 Å². The maximum Gasteiger partial charge on any atom is 0.338 e. The fraction of sp³-hybridized carbons (Fsp3) is 0.0667.